The number of carbonyl (C=O) groups is 1. The molecule has 17 heavy (non-hydrogen) atoms. The maximum Gasteiger partial charge on any atom is 0.338 e. The number of rotatable bonds is 5. The Morgan fingerprint density at radius 1 is 1.41 bits per heavy atom. The Hall–Kier alpha value is -2.01. The lowest BCUT2D eigenvalue weighted by molar-refractivity contribution is -0.299. The molecule has 0 bridgehead atoms. The predicted octanol–water partition coefficient (Wildman–Crippen LogP) is 0.753. The molecule has 1 aromatic rings. The SMILES string of the molecule is CCOC(=O)C=C([NH3+])Nc1ccc(OC)cc1. The molecule has 0 spiro atoms. The number of ether oxygens (including phenoxy) is 2. The predicted molar refractivity (Wildman–Crippen MR) is 64.2 cm³/mol. The van der Waals surface area contributed by atoms with Crippen molar-refractivity contribution in [2.24, 2.45) is 0 Å². The molecule has 0 unspecified atom stereocenters. The first-order valence-corrected chi connectivity index (χ1v) is 5.27. The summed E-state index contributed by atoms with van der Waals surface area (Å²) in [4.78, 5) is 11.1. The molecule has 0 aliphatic heterocycles. The van der Waals surface area contributed by atoms with Gasteiger partial charge in [-0.05, 0) is 31.2 Å². The molecular weight excluding hydrogens is 220 g/mol. The third kappa shape index (κ3) is 4.56. The van der Waals surface area contributed by atoms with Gasteiger partial charge in [-0.15, -0.1) is 0 Å². The van der Waals surface area contributed by atoms with Gasteiger partial charge in [0.2, 0.25) is 5.82 Å². The number of anilines is 1. The summed E-state index contributed by atoms with van der Waals surface area (Å²) in [6.45, 7) is 2.11. The molecule has 5 heteroatoms. The van der Waals surface area contributed by atoms with Crippen molar-refractivity contribution < 1.29 is 20.0 Å². The summed E-state index contributed by atoms with van der Waals surface area (Å²) in [5.41, 5.74) is 4.55. The quantitative estimate of drug-likeness (QED) is 0.585. The molecule has 0 fully saturated rings. The van der Waals surface area contributed by atoms with E-state index in [0.29, 0.717) is 12.4 Å². The number of carbonyl (C=O) groups excluding carboxylic acids is 1. The zero-order valence-electron chi connectivity index (χ0n) is 10.0. The van der Waals surface area contributed by atoms with E-state index in [0.717, 1.165) is 11.4 Å². The average Bonchev–Trinajstić information content (AvgIpc) is 2.30. The molecule has 0 radical (unpaired) electrons. The molecule has 0 aliphatic rings. The van der Waals surface area contributed by atoms with Crippen LogP contribution in [0.2, 0.25) is 0 Å². The molecule has 1 aromatic carbocycles. The molecule has 0 aromatic heterocycles. The highest BCUT2D eigenvalue weighted by Crippen LogP contribution is 2.15. The van der Waals surface area contributed by atoms with Gasteiger partial charge in [0.05, 0.1) is 13.7 Å². The summed E-state index contributed by atoms with van der Waals surface area (Å²) in [5.74, 6) is 0.850. The third-order valence-electron chi connectivity index (χ3n) is 1.97. The van der Waals surface area contributed by atoms with E-state index >= 15 is 0 Å². The van der Waals surface area contributed by atoms with E-state index < -0.39 is 5.97 Å². The molecular formula is C12H17N2O3+. The van der Waals surface area contributed by atoms with E-state index in [4.69, 9.17) is 9.47 Å². The van der Waals surface area contributed by atoms with E-state index in [1.54, 1.807) is 14.0 Å². The Kier molecular flexibility index (Phi) is 5.03. The molecule has 0 atom stereocenters. The van der Waals surface area contributed by atoms with E-state index in [1.807, 2.05) is 24.3 Å². The monoisotopic (exact) mass is 237 g/mol. The Labute approximate surface area is 100 Å². The molecule has 0 amide bonds. The number of quaternary nitrogens is 1. The van der Waals surface area contributed by atoms with Crippen LogP contribution in [0, 0.1) is 0 Å². The lowest BCUT2D eigenvalue weighted by Crippen LogP contribution is -2.51. The fraction of sp³-hybridized carbons (Fsp3) is 0.250. The minimum absolute atomic E-state index is 0.352. The van der Waals surface area contributed by atoms with Gasteiger partial charge in [0.1, 0.15) is 11.8 Å². The van der Waals surface area contributed by atoms with Gasteiger partial charge in [-0.25, -0.2) is 4.79 Å². The van der Waals surface area contributed by atoms with Crippen molar-refractivity contribution in [2.45, 2.75) is 6.92 Å². The Bertz CT molecular complexity index is 399. The van der Waals surface area contributed by atoms with Crippen LogP contribution < -0.4 is 15.8 Å². The molecule has 0 saturated carbocycles. The Balaban J connectivity index is 2.60. The molecule has 1 rings (SSSR count). The van der Waals surface area contributed by atoms with E-state index in [1.165, 1.54) is 6.08 Å². The fourth-order valence-electron chi connectivity index (χ4n) is 1.22. The second-order valence-electron chi connectivity index (χ2n) is 3.28. The van der Waals surface area contributed by atoms with Gasteiger partial charge in [0.15, 0.2) is 0 Å². The lowest BCUT2D eigenvalue weighted by Gasteiger charge is -2.04. The van der Waals surface area contributed by atoms with Crippen LogP contribution in [0.5, 0.6) is 5.75 Å². The summed E-state index contributed by atoms with van der Waals surface area (Å²) < 4.78 is 9.81. The van der Waals surface area contributed by atoms with Crippen molar-refractivity contribution in [3.8, 4) is 5.75 Å². The van der Waals surface area contributed by atoms with Gasteiger partial charge < -0.3 is 20.5 Å². The van der Waals surface area contributed by atoms with Crippen molar-refractivity contribution in [1.82, 2.24) is 0 Å². The van der Waals surface area contributed by atoms with Crippen molar-refractivity contribution in [3.63, 3.8) is 0 Å². The number of hydrogen-bond donors (Lipinski definition) is 2. The van der Waals surface area contributed by atoms with E-state index in [-0.39, 0.29) is 0 Å². The number of benzene rings is 1. The summed E-state index contributed by atoms with van der Waals surface area (Å²) >= 11 is 0. The average molecular weight is 237 g/mol. The summed E-state index contributed by atoms with van der Waals surface area (Å²) in [6, 6.07) is 7.31. The molecule has 0 heterocycles. The van der Waals surface area contributed by atoms with Crippen molar-refractivity contribution in [1.29, 1.82) is 0 Å². The molecule has 0 aliphatic carbocycles. The summed E-state index contributed by atoms with van der Waals surface area (Å²) in [5, 5.41) is 2.98. The molecule has 0 saturated heterocycles. The normalized spacial score (nSPS) is 10.9. The van der Waals surface area contributed by atoms with Gasteiger partial charge in [0, 0.05) is 5.69 Å². The van der Waals surface area contributed by atoms with Crippen LogP contribution in [0.3, 0.4) is 0 Å². The maximum absolute atomic E-state index is 11.1. The van der Waals surface area contributed by atoms with Crippen LogP contribution in [-0.2, 0) is 9.53 Å². The largest absolute Gasteiger partial charge is 0.497 e. The van der Waals surface area contributed by atoms with Crippen LogP contribution in [0.25, 0.3) is 0 Å². The van der Waals surface area contributed by atoms with Gasteiger partial charge >= 0.3 is 5.97 Å². The van der Waals surface area contributed by atoms with Crippen LogP contribution in [0.15, 0.2) is 36.2 Å². The van der Waals surface area contributed by atoms with Gasteiger partial charge in [0.25, 0.3) is 0 Å². The van der Waals surface area contributed by atoms with Crippen molar-refractivity contribution in [2.75, 3.05) is 19.0 Å². The third-order valence-corrected chi connectivity index (χ3v) is 1.97. The van der Waals surface area contributed by atoms with Gasteiger partial charge in [-0.3, -0.25) is 0 Å². The minimum atomic E-state index is -0.404. The van der Waals surface area contributed by atoms with E-state index in [9.17, 15) is 4.79 Å². The smallest absolute Gasteiger partial charge is 0.338 e. The molecule has 92 valence electrons. The highest BCUT2D eigenvalue weighted by molar-refractivity contribution is 5.82. The zero-order valence-corrected chi connectivity index (χ0v) is 10.0. The van der Waals surface area contributed by atoms with Crippen LogP contribution >= 0.6 is 0 Å². The number of hydrogen-bond acceptors (Lipinski definition) is 4. The number of nitrogens with one attached hydrogen (secondary N) is 1. The topological polar surface area (TPSA) is 75.2 Å². The first-order chi connectivity index (χ1) is 8.15. The minimum Gasteiger partial charge on any atom is -0.497 e. The summed E-state index contributed by atoms with van der Waals surface area (Å²) in [6.07, 6.45) is 1.31. The highest BCUT2D eigenvalue weighted by atomic mass is 16.5. The molecule has 5 nitrogen and oxygen atoms in total. The van der Waals surface area contributed by atoms with Gasteiger partial charge in [-0.1, -0.05) is 0 Å². The lowest BCUT2D eigenvalue weighted by atomic mass is 10.3. The number of methoxy groups -OCH3 is 1. The maximum atomic E-state index is 11.1. The number of esters is 1. The van der Waals surface area contributed by atoms with Gasteiger partial charge in [-0.2, -0.15) is 0 Å². The second-order valence-corrected chi connectivity index (χ2v) is 3.28. The summed E-state index contributed by atoms with van der Waals surface area (Å²) in [7, 11) is 1.61. The Morgan fingerprint density at radius 2 is 2.06 bits per heavy atom. The highest BCUT2D eigenvalue weighted by Gasteiger charge is 2.02. The molecule has 4 N–H and O–H groups in total. The van der Waals surface area contributed by atoms with Crippen LogP contribution in [0.1, 0.15) is 6.92 Å². The van der Waals surface area contributed by atoms with Crippen LogP contribution in [0.4, 0.5) is 5.69 Å². The first kappa shape index (κ1) is 13.1. The van der Waals surface area contributed by atoms with Crippen molar-refractivity contribution >= 4 is 11.7 Å². The van der Waals surface area contributed by atoms with Crippen molar-refractivity contribution in [3.05, 3.63) is 36.2 Å². The zero-order chi connectivity index (χ0) is 12.7. The van der Waals surface area contributed by atoms with Crippen LogP contribution in [-0.4, -0.2) is 19.7 Å². The fourth-order valence-corrected chi connectivity index (χ4v) is 1.22. The van der Waals surface area contributed by atoms with E-state index in [2.05, 4.69) is 11.1 Å². The standard InChI is InChI=1S/C12H16N2O3/c1-3-17-12(15)8-11(13)14-9-4-6-10(16-2)7-5-9/h4-8,14H,3,13H2,1-2H3/p+1. The first-order valence-electron chi connectivity index (χ1n) is 5.27. The Morgan fingerprint density at radius 3 is 2.59 bits per heavy atom. The second kappa shape index (κ2) is 6.55.